The molecule has 1 aromatic rings. The van der Waals surface area contributed by atoms with Gasteiger partial charge in [0.2, 0.25) is 0 Å². The number of nitrogens with zero attached hydrogens (tertiary/aromatic N) is 2. The number of rotatable bonds is 10. The van der Waals surface area contributed by atoms with Crippen LogP contribution in [0.15, 0.2) is 84.7 Å². The highest BCUT2D eigenvalue weighted by molar-refractivity contribution is 9.14. The first kappa shape index (κ1) is 25.4. The van der Waals surface area contributed by atoms with Crippen molar-refractivity contribution in [1.82, 2.24) is 4.98 Å². The second-order valence-electron chi connectivity index (χ2n) is 5.24. The maximum Gasteiger partial charge on any atom is 0.188 e. The van der Waals surface area contributed by atoms with Crippen LogP contribution in [-0.2, 0) is 0 Å². The second kappa shape index (κ2) is 14.4. The standard InChI is InChI=1S/C21H24Br2N4S2/c1-5-8-12-16(7-3)26-21-27-17(19(22)29-21)13-9-11-15(10-6-2)18(25-14-24)20(23)28-4/h5-14H,3H2,1-2,4H3,(H2,24,25)(H,26,27)/b8-5-,10-6-,13-9+,15-11+,16-12+,20-18-. The van der Waals surface area contributed by atoms with Crippen molar-refractivity contribution < 1.29 is 0 Å². The zero-order valence-corrected chi connectivity index (χ0v) is 21.3. The summed E-state index contributed by atoms with van der Waals surface area (Å²) in [5.41, 5.74) is 8.93. The summed E-state index contributed by atoms with van der Waals surface area (Å²) >= 11 is 10.2. The maximum absolute atomic E-state index is 5.52. The Bertz CT molecular complexity index is 904. The van der Waals surface area contributed by atoms with Crippen LogP contribution in [-0.4, -0.2) is 17.6 Å². The van der Waals surface area contributed by atoms with Crippen LogP contribution in [0.1, 0.15) is 19.5 Å². The molecule has 0 aliphatic rings. The van der Waals surface area contributed by atoms with E-state index in [2.05, 4.69) is 53.7 Å². The number of aliphatic imine (C=N–C) groups is 1. The van der Waals surface area contributed by atoms with Gasteiger partial charge in [-0.05, 0) is 70.2 Å². The van der Waals surface area contributed by atoms with Crippen LogP contribution in [0, 0.1) is 0 Å². The van der Waals surface area contributed by atoms with Crippen molar-refractivity contribution in [3.8, 4) is 0 Å². The van der Waals surface area contributed by atoms with E-state index in [4.69, 9.17) is 5.73 Å². The second-order valence-corrected chi connectivity index (χ2v) is 9.69. The minimum atomic E-state index is 0.771. The molecule has 0 saturated heterocycles. The van der Waals surface area contributed by atoms with E-state index in [-0.39, 0.29) is 0 Å². The van der Waals surface area contributed by atoms with E-state index in [1.165, 1.54) is 17.7 Å². The van der Waals surface area contributed by atoms with Gasteiger partial charge in [-0.3, -0.25) is 0 Å². The number of thiazole rings is 1. The Morgan fingerprint density at radius 1 is 1.28 bits per heavy atom. The molecule has 0 radical (unpaired) electrons. The van der Waals surface area contributed by atoms with E-state index < -0.39 is 0 Å². The summed E-state index contributed by atoms with van der Waals surface area (Å²) in [4.78, 5) is 8.90. The number of nitrogens with one attached hydrogen (secondary N) is 1. The van der Waals surface area contributed by atoms with Crippen molar-refractivity contribution >= 4 is 72.5 Å². The molecule has 0 unspecified atom stereocenters. The smallest absolute Gasteiger partial charge is 0.188 e. The molecule has 29 heavy (non-hydrogen) atoms. The van der Waals surface area contributed by atoms with Crippen LogP contribution in [0.2, 0.25) is 0 Å². The Labute approximate surface area is 198 Å². The molecule has 0 bridgehead atoms. The lowest BCUT2D eigenvalue weighted by Crippen LogP contribution is -1.95. The topological polar surface area (TPSA) is 63.3 Å². The lowest BCUT2D eigenvalue weighted by Gasteiger charge is -2.05. The first-order valence-corrected chi connectivity index (χ1v) is 12.2. The molecule has 0 fully saturated rings. The predicted octanol–water partition coefficient (Wildman–Crippen LogP) is 7.39. The molecule has 0 atom stereocenters. The molecule has 0 aromatic carbocycles. The quantitative estimate of drug-likeness (QED) is 0.179. The van der Waals surface area contributed by atoms with Gasteiger partial charge in [0.25, 0.3) is 0 Å². The lowest BCUT2D eigenvalue weighted by atomic mass is 10.1. The van der Waals surface area contributed by atoms with Crippen LogP contribution < -0.4 is 11.1 Å². The maximum atomic E-state index is 5.52. The molecule has 4 nitrogen and oxygen atoms in total. The molecular weight excluding hydrogens is 532 g/mol. The monoisotopic (exact) mass is 554 g/mol. The van der Waals surface area contributed by atoms with Crippen LogP contribution in [0.4, 0.5) is 5.13 Å². The third-order valence-electron chi connectivity index (χ3n) is 3.27. The van der Waals surface area contributed by atoms with Gasteiger partial charge in [-0.1, -0.05) is 54.4 Å². The third-order valence-corrected chi connectivity index (χ3v) is 6.83. The van der Waals surface area contributed by atoms with E-state index in [9.17, 15) is 0 Å². The van der Waals surface area contributed by atoms with E-state index in [1.54, 1.807) is 17.8 Å². The molecule has 154 valence electrons. The van der Waals surface area contributed by atoms with Gasteiger partial charge in [-0.15, -0.1) is 11.8 Å². The van der Waals surface area contributed by atoms with Gasteiger partial charge in [0.1, 0.15) is 0 Å². The Balaban J connectivity index is 3.15. The Morgan fingerprint density at radius 2 is 2.03 bits per heavy atom. The van der Waals surface area contributed by atoms with Crippen LogP contribution in [0.3, 0.4) is 0 Å². The molecule has 0 spiro atoms. The first-order chi connectivity index (χ1) is 14.0. The average Bonchev–Trinajstić information content (AvgIpc) is 3.07. The number of aromatic nitrogens is 1. The Morgan fingerprint density at radius 3 is 2.62 bits per heavy atom. The number of allylic oxidation sites excluding steroid dienone is 8. The fraction of sp³-hybridized carbons (Fsp3) is 0.143. The molecular formula is C21H24Br2N4S2. The summed E-state index contributed by atoms with van der Waals surface area (Å²) in [6.45, 7) is 7.75. The van der Waals surface area contributed by atoms with E-state index in [0.29, 0.717) is 0 Å². The highest BCUT2D eigenvalue weighted by Crippen LogP contribution is 2.31. The summed E-state index contributed by atoms with van der Waals surface area (Å²) in [7, 11) is 0. The summed E-state index contributed by atoms with van der Waals surface area (Å²) in [5, 5.41) is 4.04. The fourth-order valence-corrected chi connectivity index (χ4v) is 4.08. The Hall–Kier alpha value is -1.61. The molecule has 0 aliphatic heterocycles. The minimum Gasteiger partial charge on any atom is -0.390 e. The molecule has 0 aliphatic carbocycles. The van der Waals surface area contributed by atoms with Gasteiger partial charge in [0.15, 0.2) is 5.13 Å². The predicted molar refractivity (Wildman–Crippen MR) is 141 cm³/mol. The summed E-state index contributed by atoms with van der Waals surface area (Å²) in [5.74, 6) is 0. The molecule has 1 rings (SSSR count). The van der Waals surface area contributed by atoms with Crippen molar-refractivity contribution in [1.29, 1.82) is 0 Å². The number of hydrogen-bond donors (Lipinski definition) is 2. The summed E-state index contributed by atoms with van der Waals surface area (Å²) in [6, 6.07) is 0. The molecule has 0 amide bonds. The highest BCUT2D eigenvalue weighted by Gasteiger charge is 2.08. The summed E-state index contributed by atoms with van der Waals surface area (Å²) < 4.78 is 1.84. The number of hydrogen-bond acceptors (Lipinski definition) is 5. The van der Waals surface area contributed by atoms with E-state index in [0.717, 1.165) is 35.4 Å². The van der Waals surface area contributed by atoms with E-state index in [1.807, 2.05) is 68.7 Å². The van der Waals surface area contributed by atoms with Gasteiger partial charge in [-0.25, -0.2) is 9.98 Å². The number of halogens is 2. The average molecular weight is 556 g/mol. The summed E-state index contributed by atoms with van der Waals surface area (Å²) in [6.07, 6.45) is 20.7. The highest BCUT2D eigenvalue weighted by atomic mass is 79.9. The van der Waals surface area contributed by atoms with Gasteiger partial charge in [-0.2, -0.15) is 0 Å². The van der Waals surface area contributed by atoms with Gasteiger partial charge in [0.05, 0.1) is 25.3 Å². The van der Waals surface area contributed by atoms with E-state index >= 15 is 0 Å². The van der Waals surface area contributed by atoms with Crippen LogP contribution >= 0.6 is 55.0 Å². The number of anilines is 1. The molecule has 8 heteroatoms. The van der Waals surface area contributed by atoms with Crippen molar-refractivity contribution in [3.63, 3.8) is 0 Å². The molecule has 3 N–H and O–H groups in total. The van der Waals surface area contributed by atoms with Crippen LogP contribution in [0.25, 0.3) is 6.08 Å². The van der Waals surface area contributed by atoms with Crippen molar-refractivity contribution in [2.45, 2.75) is 13.8 Å². The number of nitrogens with two attached hydrogens (primary N) is 1. The largest absolute Gasteiger partial charge is 0.390 e. The zero-order valence-electron chi connectivity index (χ0n) is 16.5. The van der Waals surface area contributed by atoms with Crippen molar-refractivity contribution in [2.24, 2.45) is 10.7 Å². The van der Waals surface area contributed by atoms with Gasteiger partial charge >= 0.3 is 0 Å². The van der Waals surface area contributed by atoms with Gasteiger partial charge < -0.3 is 11.1 Å². The zero-order chi connectivity index (χ0) is 21.6. The normalized spacial score (nSPS) is 14.5. The minimum absolute atomic E-state index is 0.771. The molecule has 1 heterocycles. The third kappa shape index (κ3) is 8.74. The Kier molecular flexibility index (Phi) is 12.6. The molecule has 0 saturated carbocycles. The van der Waals surface area contributed by atoms with Gasteiger partial charge in [0, 0.05) is 11.3 Å². The fourth-order valence-electron chi connectivity index (χ4n) is 2.00. The molecule has 1 aromatic heterocycles. The lowest BCUT2D eigenvalue weighted by molar-refractivity contribution is 1.33. The first-order valence-electron chi connectivity index (χ1n) is 8.58. The van der Waals surface area contributed by atoms with Crippen molar-refractivity contribution in [3.05, 3.63) is 85.4 Å². The van der Waals surface area contributed by atoms with Crippen molar-refractivity contribution in [2.75, 3.05) is 11.6 Å². The number of thioether (sulfide) groups is 1. The SMILES string of the molecule is C=C/C(=C\C=C/C)Nc1nc(/C=C/C=C(\C=C/C)C(/N=CN)=C(\Br)SC)c(Br)s1. The van der Waals surface area contributed by atoms with Crippen LogP contribution in [0.5, 0.6) is 0 Å².